The van der Waals surface area contributed by atoms with Crippen molar-refractivity contribution in [3.63, 3.8) is 0 Å². The van der Waals surface area contributed by atoms with Crippen molar-refractivity contribution in [2.75, 3.05) is 26.7 Å². The molecule has 5 nitrogen and oxygen atoms in total. The Bertz CT molecular complexity index is 546. The highest BCUT2D eigenvalue weighted by Gasteiger charge is 2.36. The van der Waals surface area contributed by atoms with Crippen molar-refractivity contribution in [3.05, 3.63) is 23.8 Å². The molecule has 0 saturated carbocycles. The lowest BCUT2D eigenvalue weighted by Gasteiger charge is -2.42. The zero-order valence-corrected chi connectivity index (χ0v) is 12.6. The lowest BCUT2D eigenvalue weighted by atomic mass is 10.1. The highest BCUT2D eigenvalue weighted by atomic mass is 16.5. The summed E-state index contributed by atoms with van der Waals surface area (Å²) in [5, 5.41) is 9.85. The maximum absolute atomic E-state index is 12.7. The van der Waals surface area contributed by atoms with Crippen LogP contribution in [0.3, 0.4) is 0 Å². The lowest BCUT2D eigenvalue weighted by Crippen LogP contribution is -2.56. The third-order valence-corrected chi connectivity index (χ3v) is 4.62. The van der Waals surface area contributed by atoms with Gasteiger partial charge in [0.25, 0.3) is 5.91 Å². The summed E-state index contributed by atoms with van der Waals surface area (Å²) in [7, 11) is 1.50. The summed E-state index contributed by atoms with van der Waals surface area (Å²) in [6.07, 6.45) is 2.40. The number of benzene rings is 1. The van der Waals surface area contributed by atoms with Gasteiger partial charge in [0.2, 0.25) is 0 Å². The molecular formula is C16H22N2O3. The first kappa shape index (κ1) is 14.2. The third kappa shape index (κ3) is 2.58. The summed E-state index contributed by atoms with van der Waals surface area (Å²) in [6, 6.07) is 5.55. The average Bonchev–Trinajstić information content (AvgIpc) is 2.92. The summed E-state index contributed by atoms with van der Waals surface area (Å²) >= 11 is 0. The van der Waals surface area contributed by atoms with E-state index in [4.69, 9.17) is 4.74 Å². The fourth-order valence-corrected chi connectivity index (χ4v) is 3.46. The molecule has 3 rings (SSSR count). The number of rotatable bonds is 2. The third-order valence-electron chi connectivity index (χ3n) is 4.62. The first-order chi connectivity index (χ1) is 10.1. The lowest BCUT2D eigenvalue weighted by molar-refractivity contribution is 0.0395. The molecule has 0 aromatic heterocycles. The maximum atomic E-state index is 12.7. The summed E-state index contributed by atoms with van der Waals surface area (Å²) in [5.41, 5.74) is 0.520. The van der Waals surface area contributed by atoms with Gasteiger partial charge in [0, 0.05) is 30.7 Å². The van der Waals surface area contributed by atoms with Gasteiger partial charge in [-0.1, -0.05) is 0 Å². The van der Waals surface area contributed by atoms with Crippen molar-refractivity contribution >= 4 is 5.91 Å². The molecule has 1 aromatic carbocycles. The van der Waals surface area contributed by atoms with Gasteiger partial charge in [-0.25, -0.2) is 0 Å². The topological polar surface area (TPSA) is 53.0 Å². The largest absolute Gasteiger partial charge is 0.504 e. The molecule has 21 heavy (non-hydrogen) atoms. The van der Waals surface area contributed by atoms with E-state index in [-0.39, 0.29) is 17.7 Å². The number of phenolic OH excluding ortho intramolecular Hbond substituents is 1. The van der Waals surface area contributed by atoms with E-state index in [1.165, 1.54) is 26.0 Å². The van der Waals surface area contributed by atoms with Gasteiger partial charge in [-0.2, -0.15) is 0 Å². The second-order valence-electron chi connectivity index (χ2n) is 5.98. The number of ether oxygens (including phenoxy) is 1. The Balaban J connectivity index is 1.79. The summed E-state index contributed by atoms with van der Waals surface area (Å²) in [4.78, 5) is 17.1. The number of nitrogens with zero attached hydrogens (tertiary/aromatic N) is 2. The predicted octanol–water partition coefficient (Wildman–Crippen LogP) is 1.71. The number of phenols is 1. The Hall–Kier alpha value is -1.75. The highest BCUT2D eigenvalue weighted by molar-refractivity contribution is 5.95. The SMILES string of the molecule is COc1ccc(C(=O)N2CC3CCCN3CC2C)cc1O. The monoisotopic (exact) mass is 290 g/mol. The molecule has 1 amide bonds. The molecule has 2 aliphatic heterocycles. The second-order valence-corrected chi connectivity index (χ2v) is 5.98. The van der Waals surface area contributed by atoms with Crippen LogP contribution in [0.4, 0.5) is 0 Å². The minimum atomic E-state index is -0.00740. The van der Waals surface area contributed by atoms with Gasteiger partial charge >= 0.3 is 0 Å². The molecule has 114 valence electrons. The van der Waals surface area contributed by atoms with E-state index in [9.17, 15) is 9.90 Å². The zero-order chi connectivity index (χ0) is 15.0. The van der Waals surface area contributed by atoms with Gasteiger partial charge in [0.15, 0.2) is 11.5 Å². The fourth-order valence-electron chi connectivity index (χ4n) is 3.46. The number of carbonyl (C=O) groups is 1. The van der Waals surface area contributed by atoms with Gasteiger partial charge in [0.1, 0.15) is 0 Å². The van der Waals surface area contributed by atoms with Gasteiger partial charge in [0.05, 0.1) is 7.11 Å². The van der Waals surface area contributed by atoms with Gasteiger partial charge in [-0.15, -0.1) is 0 Å². The number of amides is 1. The van der Waals surface area contributed by atoms with Crippen LogP contribution in [0.5, 0.6) is 11.5 Å². The van der Waals surface area contributed by atoms with Crippen molar-refractivity contribution in [3.8, 4) is 11.5 Å². The van der Waals surface area contributed by atoms with Gasteiger partial charge in [-0.05, 0) is 44.5 Å². The van der Waals surface area contributed by atoms with Gasteiger partial charge in [-0.3, -0.25) is 9.69 Å². The number of carbonyl (C=O) groups excluding carboxylic acids is 1. The molecule has 2 fully saturated rings. The van der Waals surface area contributed by atoms with E-state index in [1.807, 2.05) is 4.90 Å². The number of hydrogen-bond donors (Lipinski definition) is 1. The molecule has 2 saturated heterocycles. The standard InChI is InChI=1S/C16H22N2O3/c1-11-9-17-7-3-4-13(17)10-18(11)16(20)12-5-6-15(21-2)14(19)8-12/h5-6,8,11,13,19H,3-4,7,9-10H2,1-2H3. The number of piperazine rings is 1. The molecule has 0 bridgehead atoms. The Labute approximate surface area is 125 Å². The van der Waals surface area contributed by atoms with E-state index in [0.29, 0.717) is 17.4 Å². The number of fused-ring (bicyclic) bond motifs is 1. The summed E-state index contributed by atoms with van der Waals surface area (Å²) in [6.45, 7) is 4.97. The molecule has 1 N–H and O–H groups in total. The zero-order valence-electron chi connectivity index (χ0n) is 12.6. The van der Waals surface area contributed by atoms with Crippen LogP contribution in [0.2, 0.25) is 0 Å². The van der Waals surface area contributed by atoms with Crippen LogP contribution in [-0.4, -0.2) is 59.6 Å². The van der Waals surface area contributed by atoms with E-state index in [2.05, 4.69) is 11.8 Å². The molecule has 0 radical (unpaired) electrons. The van der Waals surface area contributed by atoms with Crippen LogP contribution in [0.15, 0.2) is 18.2 Å². The van der Waals surface area contributed by atoms with E-state index < -0.39 is 0 Å². The summed E-state index contributed by atoms with van der Waals surface area (Å²) < 4.78 is 5.02. The van der Waals surface area contributed by atoms with Crippen LogP contribution >= 0.6 is 0 Å². The maximum Gasteiger partial charge on any atom is 0.254 e. The van der Waals surface area contributed by atoms with Crippen LogP contribution in [0.25, 0.3) is 0 Å². The van der Waals surface area contributed by atoms with E-state index >= 15 is 0 Å². The number of aromatic hydroxyl groups is 1. The van der Waals surface area contributed by atoms with Crippen LogP contribution in [0.1, 0.15) is 30.1 Å². The summed E-state index contributed by atoms with van der Waals surface area (Å²) in [5.74, 6) is 0.391. The molecule has 0 aliphatic carbocycles. The Kier molecular flexibility index (Phi) is 3.76. The first-order valence-corrected chi connectivity index (χ1v) is 7.52. The molecule has 2 aliphatic rings. The molecule has 1 aromatic rings. The second kappa shape index (κ2) is 5.56. The first-order valence-electron chi connectivity index (χ1n) is 7.52. The molecule has 5 heteroatoms. The normalized spacial score (nSPS) is 25.7. The minimum Gasteiger partial charge on any atom is -0.504 e. The van der Waals surface area contributed by atoms with Crippen molar-refractivity contribution < 1.29 is 14.6 Å². The Morgan fingerprint density at radius 1 is 1.38 bits per heavy atom. The Morgan fingerprint density at radius 2 is 2.19 bits per heavy atom. The van der Waals surface area contributed by atoms with Crippen molar-refractivity contribution in [1.82, 2.24) is 9.80 Å². The van der Waals surface area contributed by atoms with E-state index in [0.717, 1.165) is 19.6 Å². The average molecular weight is 290 g/mol. The molecule has 2 atom stereocenters. The molecular weight excluding hydrogens is 268 g/mol. The van der Waals surface area contributed by atoms with Crippen LogP contribution < -0.4 is 4.74 Å². The molecule has 0 spiro atoms. The fraction of sp³-hybridized carbons (Fsp3) is 0.562. The van der Waals surface area contributed by atoms with Crippen molar-refractivity contribution in [2.24, 2.45) is 0 Å². The molecule has 2 heterocycles. The quantitative estimate of drug-likeness (QED) is 0.901. The van der Waals surface area contributed by atoms with Gasteiger partial charge < -0.3 is 14.7 Å². The minimum absolute atomic E-state index is 0.00740. The number of methoxy groups -OCH3 is 1. The highest BCUT2D eigenvalue weighted by Crippen LogP contribution is 2.29. The van der Waals surface area contributed by atoms with Crippen LogP contribution in [0, 0.1) is 0 Å². The Morgan fingerprint density at radius 3 is 2.90 bits per heavy atom. The molecule has 2 unspecified atom stereocenters. The van der Waals surface area contributed by atoms with Crippen LogP contribution in [-0.2, 0) is 0 Å². The van der Waals surface area contributed by atoms with E-state index in [1.54, 1.807) is 12.1 Å². The predicted molar refractivity (Wildman–Crippen MR) is 79.8 cm³/mol. The van der Waals surface area contributed by atoms with Crippen molar-refractivity contribution in [1.29, 1.82) is 0 Å². The van der Waals surface area contributed by atoms with Crippen molar-refractivity contribution in [2.45, 2.75) is 31.8 Å². The number of hydrogen-bond acceptors (Lipinski definition) is 4. The smallest absolute Gasteiger partial charge is 0.254 e.